The van der Waals surface area contributed by atoms with Gasteiger partial charge in [-0.2, -0.15) is 0 Å². The second-order valence-electron chi connectivity index (χ2n) is 8.98. The zero-order valence-electron chi connectivity index (χ0n) is 19.7. The number of allylic oxidation sites excluding steroid dienone is 1. The predicted octanol–water partition coefficient (Wildman–Crippen LogP) is 7.59. The van der Waals surface area contributed by atoms with E-state index in [1.165, 1.54) is 11.3 Å². The summed E-state index contributed by atoms with van der Waals surface area (Å²) < 4.78 is 5.46. The van der Waals surface area contributed by atoms with Crippen molar-refractivity contribution in [2.45, 2.75) is 40.5 Å². The molecule has 0 saturated heterocycles. The van der Waals surface area contributed by atoms with Crippen molar-refractivity contribution in [3.05, 3.63) is 105 Å². The Labute approximate surface area is 200 Å². The average Bonchev–Trinajstić information content (AvgIpc) is 3.33. The molecule has 0 bridgehead atoms. The zero-order chi connectivity index (χ0) is 23.8. The van der Waals surface area contributed by atoms with Crippen LogP contribution >= 0.6 is 11.3 Å². The van der Waals surface area contributed by atoms with Crippen molar-refractivity contribution in [2.75, 3.05) is 6.61 Å². The molecule has 170 valence electrons. The van der Waals surface area contributed by atoms with Crippen molar-refractivity contribution in [1.29, 1.82) is 0 Å². The minimum absolute atomic E-state index is 0.0485. The van der Waals surface area contributed by atoms with Crippen LogP contribution in [0.2, 0.25) is 0 Å². The summed E-state index contributed by atoms with van der Waals surface area (Å²) in [6.07, 6.45) is 1.59. The molecule has 0 unspecified atom stereocenters. The van der Waals surface area contributed by atoms with Gasteiger partial charge < -0.3 is 4.74 Å². The largest absolute Gasteiger partial charge is 0.461 e. The lowest BCUT2D eigenvalue weighted by Crippen LogP contribution is -2.16. The van der Waals surface area contributed by atoms with Gasteiger partial charge in [0.1, 0.15) is 4.88 Å². The van der Waals surface area contributed by atoms with Gasteiger partial charge in [-0.25, -0.2) is 4.79 Å². The van der Waals surface area contributed by atoms with Crippen molar-refractivity contribution in [1.82, 2.24) is 0 Å². The molecule has 0 amide bonds. The zero-order valence-corrected chi connectivity index (χ0v) is 20.5. The summed E-state index contributed by atoms with van der Waals surface area (Å²) in [5, 5.41) is 1.87. The lowest BCUT2D eigenvalue weighted by atomic mass is 9.83. The second kappa shape index (κ2) is 11.1. The molecular weight excluding hydrogens is 428 g/mol. The third kappa shape index (κ3) is 7.15. The number of ketones is 1. The van der Waals surface area contributed by atoms with Gasteiger partial charge in [0.15, 0.2) is 5.78 Å². The molecule has 3 rings (SSSR count). The topological polar surface area (TPSA) is 43.4 Å². The molecule has 0 aliphatic heterocycles. The van der Waals surface area contributed by atoms with Crippen LogP contribution in [0.4, 0.5) is 0 Å². The van der Waals surface area contributed by atoms with E-state index in [-0.39, 0.29) is 17.2 Å². The van der Waals surface area contributed by atoms with Gasteiger partial charge in [0.2, 0.25) is 0 Å². The van der Waals surface area contributed by atoms with E-state index in [1.807, 2.05) is 53.9 Å². The average molecular weight is 459 g/mol. The number of esters is 1. The number of hydrogen-bond acceptors (Lipinski definition) is 4. The molecule has 0 fully saturated rings. The van der Waals surface area contributed by atoms with Gasteiger partial charge in [-0.15, -0.1) is 17.1 Å². The van der Waals surface area contributed by atoms with Crippen molar-refractivity contribution in [2.24, 2.45) is 5.41 Å². The van der Waals surface area contributed by atoms with Crippen LogP contribution < -0.4 is 0 Å². The SMILES string of the molecule is CC(=O)c1ccc(C(=C=C(C)CC(C)(C)CCOC(=O)c2cccs2)c2ccccc2)cc1. The van der Waals surface area contributed by atoms with Crippen LogP contribution in [0, 0.1) is 5.41 Å². The number of thiophene rings is 1. The van der Waals surface area contributed by atoms with Crippen LogP contribution in [-0.2, 0) is 4.74 Å². The highest BCUT2D eigenvalue weighted by Crippen LogP contribution is 2.30. The van der Waals surface area contributed by atoms with Crippen LogP contribution in [0.15, 0.2) is 83.4 Å². The monoisotopic (exact) mass is 458 g/mol. The molecule has 2 aromatic carbocycles. The summed E-state index contributed by atoms with van der Waals surface area (Å²) in [6.45, 7) is 8.42. The predicted molar refractivity (Wildman–Crippen MR) is 136 cm³/mol. The fourth-order valence-corrected chi connectivity index (χ4v) is 4.35. The number of carbonyl (C=O) groups is 2. The Bertz CT molecular complexity index is 1150. The molecule has 1 heterocycles. The quantitative estimate of drug-likeness (QED) is 0.188. The Morgan fingerprint density at radius 1 is 0.879 bits per heavy atom. The van der Waals surface area contributed by atoms with Crippen molar-refractivity contribution >= 4 is 28.7 Å². The molecule has 0 radical (unpaired) electrons. The van der Waals surface area contributed by atoms with Crippen LogP contribution in [-0.4, -0.2) is 18.4 Å². The van der Waals surface area contributed by atoms with E-state index in [4.69, 9.17) is 4.74 Å². The first-order valence-corrected chi connectivity index (χ1v) is 12.0. The maximum atomic E-state index is 12.1. The van der Waals surface area contributed by atoms with Crippen molar-refractivity contribution < 1.29 is 14.3 Å². The first-order valence-electron chi connectivity index (χ1n) is 11.1. The number of Topliss-reactive ketones (excluding diaryl/α,β-unsaturated/α-hetero) is 1. The highest BCUT2D eigenvalue weighted by molar-refractivity contribution is 7.11. The van der Waals surface area contributed by atoms with E-state index in [9.17, 15) is 9.59 Å². The minimum atomic E-state index is -0.256. The number of hydrogen-bond donors (Lipinski definition) is 0. The number of rotatable bonds is 9. The summed E-state index contributed by atoms with van der Waals surface area (Å²) in [5.41, 5.74) is 8.50. The Hall–Kier alpha value is -3.20. The summed E-state index contributed by atoms with van der Waals surface area (Å²) >= 11 is 1.39. The maximum absolute atomic E-state index is 12.1. The molecule has 0 saturated carbocycles. The molecule has 0 spiro atoms. The molecule has 0 aliphatic rings. The molecule has 1 aromatic heterocycles. The first kappa shape index (κ1) is 24.4. The van der Waals surface area contributed by atoms with Gasteiger partial charge in [0, 0.05) is 11.1 Å². The normalized spacial score (nSPS) is 10.9. The molecule has 4 heteroatoms. The molecule has 0 N–H and O–H groups in total. The second-order valence-corrected chi connectivity index (χ2v) is 9.93. The lowest BCUT2D eigenvalue weighted by molar-refractivity contribution is 0.0463. The van der Waals surface area contributed by atoms with E-state index in [0.717, 1.165) is 35.1 Å². The van der Waals surface area contributed by atoms with Gasteiger partial charge in [-0.1, -0.05) is 74.5 Å². The third-order valence-corrected chi connectivity index (χ3v) is 6.31. The van der Waals surface area contributed by atoms with Crippen molar-refractivity contribution in [3.8, 4) is 0 Å². The Kier molecular flexibility index (Phi) is 8.21. The van der Waals surface area contributed by atoms with Gasteiger partial charge in [-0.05, 0) is 60.3 Å². The van der Waals surface area contributed by atoms with E-state index in [2.05, 4.69) is 38.6 Å². The highest BCUT2D eigenvalue weighted by atomic mass is 32.1. The summed E-state index contributed by atoms with van der Waals surface area (Å²) in [4.78, 5) is 24.4. The van der Waals surface area contributed by atoms with Gasteiger partial charge >= 0.3 is 5.97 Å². The number of carbonyl (C=O) groups excluding carboxylic acids is 2. The van der Waals surface area contributed by atoms with E-state index >= 15 is 0 Å². The van der Waals surface area contributed by atoms with Crippen LogP contribution in [0.25, 0.3) is 5.57 Å². The minimum Gasteiger partial charge on any atom is -0.461 e. The van der Waals surface area contributed by atoms with Gasteiger partial charge in [-0.3, -0.25) is 4.79 Å². The lowest BCUT2D eigenvalue weighted by Gasteiger charge is -2.24. The molecule has 3 aromatic rings. The van der Waals surface area contributed by atoms with Gasteiger partial charge in [0.05, 0.1) is 6.61 Å². The molecule has 0 aliphatic carbocycles. The molecule has 33 heavy (non-hydrogen) atoms. The van der Waals surface area contributed by atoms with Crippen molar-refractivity contribution in [3.63, 3.8) is 0 Å². The summed E-state index contributed by atoms with van der Waals surface area (Å²) in [7, 11) is 0. The maximum Gasteiger partial charge on any atom is 0.348 e. The Morgan fingerprint density at radius 3 is 2.12 bits per heavy atom. The van der Waals surface area contributed by atoms with Crippen LogP contribution in [0.3, 0.4) is 0 Å². The fraction of sp³-hybridized carbons (Fsp3) is 0.276. The standard InChI is InChI=1S/C29H30O3S/c1-21(20-29(3,4)16-17-32-28(31)27-11-8-18-33-27)19-26(24-9-6-5-7-10-24)25-14-12-23(13-15-25)22(2)30/h5-15,18H,16-17,20H2,1-4H3. The van der Waals surface area contributed by atoms with Crippen LogP contribution in [0.5, 0.6) is 0 Å². The van der Waals surface area contributed by atoms with E-state index in [0.29, 0.717) is 17.0 Å². The van der Waals surface area contributed by atoms with Crippen LogP contribution in [0.1, 0.15) is 71.7 Å². The number of ether oxygens (including phenoxy) is 1. The Balaban J connectivity index is 1.79. The summed E-state index contributed by atoms with van der Waals surface area (Å²) in [5.74, 6) is -0.201. The molecule has 0 atom stereocenters. The fourth-order valence-electron chi connectivity index (χ4n) is 3.74. The smallest absolute Gasteiger partial charge is 0.348 e. The molecule has 3 nitrogen and oxygen atoms in total. The van der Waals surface area contributed by atoms with E-state index < -0.39 is 0 Å². The van der Waals surface area contributed by atoms with Gasteiger partial charge in [0.25, 0.3) is 0 Å². The third-order valence-electron chi connectivity index (χ3n) is 5.46. The van der Waals surface area contributed by atoms with E-state index in [1.54, 1.807) is 13.0 Å². The molecular formula is C29H30O3S. The highest BCUT2D eigenvalue weighted by Gasteiger charge is 2.20. The Morgan fingerprint density at radius 2 is 1.52 bits per heavy atom. The summed E-state index contributed by atoms with van der Waals surface area (Å²) in [6, 6.07) is 21.5. The first-order chi connectivity index (χ1) is 15.7. The number of benzene rings is 2.